The average Bonchev–Trinajstić information content (AvgIpc) is 2.70. The van der Waals surface area contributed by atoms with Gasteiger partial charge in [-0.3, -0.25) is 4.79 Å². The van der Waals surface area contributed by atoms with Gasteiger partial charge in [0.2, 0.25) is 5.56 Å². The molecular formula is C22H21F2N3O3. The summed E-state index contributed by atoms with van der Waals surface area (Å²) < 4.78 is 32.8. The fourth-order valence-electron chi connectivity index (χ4n) is 3.75. The summed E-state index contributed by atoms with van der Waals surface area (Å²) in [5.74, 6) is 0.329. The lowest BCUT2D eigenvalue weighted by Gasteiger charge is -2.39. The van der Waals surface area contributed by atoms with Crippen LogP contribution in [-0.4, -0.2) is 23.0 Å². The first-order valence-corrected chi connectivity index (χ1v) is 9.53. The van der Waals surface area contributed by atoms with Crippen LogP contribution in [0, 0.1) is 6.92 Å². The largest absolute Gasteiger partial charge is 0.481 e. The first kappa shape index (κ1) is 19.9. The number of para-hydroxylation sites is 1. The molecule has 0 unspecified atom stereocenters. The summed E-state index contributed by atoms with van der Waals surface area (Å²) in [6.45, 7) is 3.17. The van der Waals surface area contributed by atoms with Crippen LogP contribution in [0.5, 0.6) is 5.75 Å². The second-order valence-electron chi connectivity index (χ2n) is 7.65. The van der Waals surface area contributed by atoms with E-state index in [4.69, 9.17) is 4.74 Å². The number of carbonyl (C=O) groups excluding carboxylic acids is 1. The van der Waals surface area contributed by atoms with E-state index in [-0.39, 0.29) is 12.0 Å². The third-order valence-corrected chi connectivity index (χ3v) is 5.37. The van der Waals surface area contributed by atoms with E-state index in [1.807, 2.05) is 6.92 Å². The highest BCUT2D eigenvalue weighted by Crippen LogP contribution is 2.42. The minimum absolute atomic E-state index is 0.0725. The number of nitrogens with one attached hydrogen (secondary N) is 3. The Morgan fingerprint density at radius 2 is 1.97 bits per heavy atom. The van der Waals surface area contributed by atoms with Crippen LogP contribution in [0.3, 0.4) is 0 Å². The Labute approximate surface area is 171 Å². The van der Waals surface area contributed by atoms with Crippen molar-refractivity contribution in [2.45, 2.75) is 38.3 Å². The van der Waals surface area contributed by atoms with Gasteiger partial charge in [-0.15, -0.1) is 0 Å². The van der Waals surface area contributed by atoms with Crippen molar-refractivity contribution >= 4 is 22.6 Å². The van der Waals surface area contributed by atoms with Crippen LogP contribution in [0.15, 0.2) is 53.3 Å². The van der Waals surface area contributed by atoms with E-state index in [1.165, 1.54) is 13.0 Å². The lowest BCUT2D eigenvalue weighted by molar-refractivity contribution is -0.0824. The Morgan fingerprint density at radius 3 is 2.73 bits per heavy atom. The number of amides is 2. The standard InChI is InChI=1S/C22H21F2N3O3/c1-12-7-9-15-14(8-10-18(28)25-15)19(12)27-21(29)26-16-11-22(2,20(23)24)30-17-6-4-3-5-13(16)17/h3-10,16,20H,11H2,1-2H3,(H,25,28)(H2,26,27,29)/t16-,22-/m1/s1. The topological polar surface area (TPSA) is 83.2 Å². The molecule has 4 rings (SSSR count). The summed E-state index contributed by atoms with van der Waals surface area (Å²) in [6, 6.07) is 12.2. The first-order chi connectivity index (χ1) is 14.3. The maximum atomic E-state index is 13.6. The third kappa shape index (κ3) is 3.60. The van der Waals surface area contributed by atoms with Crippen molar-refractivity contribution in [3.05, 3.63) is 70.0 Å². The fourth-order valence-corrected chi connectivity index (χ4v) is 3.75. The molecule has 0 bridgehead atoms. The van der Waals surface area contributed by atoms with E-state index in [1.54, 1.807) is 42.5 Å². The van der Waals surface area contributed by atoms with Crippen molar-refractivity contribution in [3.63, 3.8) is 0 Å². The number of aromatic amines is 1. The van der Waals surface area contributed by atoms with Gasteiger partial charge in [0.05, 0.1) is 17.2 Å². The Morgan fingerprint density at radius 1 is 1.20 bits per heavy atom. The van der Waals surface area contributed by atoms with Crippen molar-refractivity contribution in [2.24, 2.45) is 0 Å². The van der Waals surface area contributed by atoms with Crippen molar-refractivity contribution in [1.82, 2.24) is 10.3 Å². The average molecular weight is 413 g/mol. The molecule has 8 heteroatoms. The number of H-pyrrole nitrogens is 1. The number of aryl methyl sites for hydroxylation is 1. The Bertz CT molecular complexity index is 1180. The van der Waals surface area contributed by atoms with E-state index >= 15 is 0 Å². The summed E-state index contributed by atoms with van der Waals surface area (Å²) in [6.07, 6.45) is -2.79. The molecule has 2 aromatic carbocycles. The molecule has 1 aliphatic heterocycles. The molecule has 6 nitrogen and oxygen atoms in total. The van der Waals surface area contributed by atoms with Gasteiger partial charge in [-0.25, -0.2) is 13.6 Å². The molecule has 2 heterocycles. The first-order valence-electron chi connectivity index (χ1n) is 9.53. The molecule has 1 aliphatic rings. The van der Waals surface area contributed by atoms with E-state index in [0.717, 1.165) is 5.56 Å². The van der Waals surface area contributed by atoms with Crippen molar-refractivity contribution in [3.8, 4) is 5.75 Å². The van der Waals surface area contributed by atoms with Gasteiger partial charge in [-0.1, -0.05) is 24.3 Å². The molecule has 0 radical (unpaired) electrons. The van der Waals surface area contributed by atoms with Gasteiger partial charge in [-0.05, 0) is 37.6 Å². The highest BCUT2D eigenvalue weighted by molar-refractivity contribution is 6.01. The highest BCUT2D eigenvalue weighted by Gasteiger charge is 2.44. The van der Waals surface area contributed by atoms with Gasteiger partial charge in [0.25, 0.3) is 6.43 Å². The second-order valence-corrected chi connectivity index (χ2v) is 7.65. The molecule has 0 saturated carbocycles. The predicted molar refractivity (Wildman–Crippen MR) is 110 cm³/mol. The van der Waals surface area contributed by atoms with Crippen LogP contribution in [0.1, 0.15) is 30.5 Å². The number of halogens is 2. The molecule has 2 atom stereocenters. The van der Waals surface area contributed by atoms with Gasteiger partial charge >= 0.3 is 6.03 Å². The number of carbonyl (C=O) groups is 1. The number of anilines is 1. The van der Waals surface area contributed by atoms with Crippen LogP contribution >= 0.6 is 0 Å². The van der Waals surface area contributed by atoms with Gasteiger partial charge < -0.3 is 20.4 Å². The van der Waals surface area contributed by atoms with E-state index in [2.05, 4.69) is 15.6 Å². The predicted octanol–water partition coefficient (Wildman–Crippen LogP) is 4.51. The zero-order valence-electron chi connectivity index (χ0n) is 16.5. The minimum Gasteiger partial charge on any atom is -0.481 e. The third-order valence-electron chi connectivity index (χ3n) is 5.37. The lowest BCUT2D eigenvalue weighted by Crippen LogP contribution is -2.48. The van der Waals surface area contributed by atoms with E-state index in [9.17, 15) is 18.4 Å². The summed E-state index contributed by atoms with van der Waals surface area (Å²) in [5, 5.41) is 6.28. The smallest absolute Gasteiger partial charge is 0.319 e. The zero-order chi connectivity index (χ0) is 21.5. The maximum absolute atomic E-state index is 13.6. The number of aromatic nitrogens is 1. The number of urea groups is 1. The van der Waals surface area contributed by atoms with Gasteiger partial charge in [0.1, 0.15) is 5.75 Å². The molecule has 1 aromatic heterocycles. The molecule has 30 heavy (non-hydrogen) atoms. The Kier molecular flexibility index (Phi) is 4.93. The molecule has 0 spiro atoms. The van der Waals surface area contributed by atoms with E-state index in [0.29, 0.717) is 27.9 Å². The number of pyridine rings is 1. The second kappa shape index (κ2) is 7.44. The Hall–Kier alpha value is -3.42. The quantitative estimate of drug-likeness (QED) is 0.591. The van der Waals surface area contributed by atoms with Gasteiger partial charge in [0.15, 0.2) is 5.60 Å². The normalized spacial score (nSPS) is 20.5. The lowest BCUT2D eigenvalue weighted by atomic mass is 9.88. The number of benzene rings is 2. The summed E-state index contributed by atoms with van der Waals surface area (Å²) >= 11 is 0. The number of fused-ring (bicyclic) bond motifs is 2. The zero-order valence-corrected chi connectivity index (χ0v) is 16.5. The summed E-state index contributed by atoms with van der Waals surface area (Å²) in [5.41, 5.74) is 0.621. The molecule has 3 N–H and O–H groups in total. The number of alkyl halides is 2. The summed E-state index contributed by atoms with van der Waals surface area (Å²) in [7, 11) is 0. The molecule has 156 valence electrons. The van der Waals surface area contributed by atoms with Crippen LogP contribution < -0.4 is 20.9 Å². The molecule has 3 aromatic rings. The van der Waals surface area contributed by atoms with Crippen molar-refractivity contribution in [2.75, 3.05) is 5.32 Å². The number of ether oxygens (including phenoxy) is 1. The molecule has 2 amide bonds. The van der Waals surface area contributed by atoms with Crippen molar-refractivity contribution in [1.29, 1.82) is 0 Å². The molecule has 0 saturated heterocycles. The number of rotatable bonds is 3. The molecule has 0 fully saturated rings. The van der Waals surface area contributed by atoms with Gasteiger partial charge in [-0.2, -0.15) is 0 Å². The summed E-state index contributed by atoms with van der Waals surface area (Å²) in [4.78, 5) is 27.1. The monoisotopic (exact) mass is 413 g/mol. The van der Waals surface area contributed by atoms with Crippen LogP contribution in [0.2, 0.25) is 0 Å². The molecular weight excluding hydrogens is 392 g/mol. The van der Waals surface area contributed by atoms with Crippen LogP contribution in [0.4, 0.5) is 19.3 Å². The maximum Gasteiger partial charge on any atom is 0.319 e. The minimum atomic E-state index is -2.71. The van der Waals surface area contributed by atoms with Gasteiger partial charge in [0, 0.05) is 23.4 Å². The van der Waals surface area contributed by atoms with Crippen LogP contribution in [-0.2, 0) is 0 Å². The van der Waals surface area contributed by atoms with E-state index < -0.39 is 24.1 Å². The van der Waals surface area contributed by atoms with Crippen LogP contribution in [0.25, 0.3) is 10.9 Å². The fraction of sp³-hybridized carbons (Fsp3) is 0.273. The number of hydrogen-bond donors (Lipinski definition) is 3. The number of hydrogen-bond acceptors (Lipinski definition) is 3. The Balaban J connectivity index is 1.62. The van der Waals surface area contributed by atoms with Crippen molar-refractivity contribution < 1.29 is 18.3 Å². The SMILES string of the molecule is Cc1ccc2[nH]c(=O)ccc2c1NC(=O)N[C@@H]1C[C@](C)(C(F)F)Oc2ccccc21. The molecule has 0 aliphatic carbocycles. The highest BCUT2D eigenvalue weighted by atomic mass is 19.3.